The minimum absolute atomic E-state index is 0.172. The molecule has 2 heteroatoms. The zero-order valence-electron chi connectivity index (χ0n) is 10.9. The van der Waals surface area contributed by atoms with E-state index in [9.17, 15) is 5.11 Å². The van der Waals surface area contributed by atoms with E-state index in [1.54, 1.807) is 0 Å². The van der Waals surface area contributed by atoms with Crippen LogP contribution in [-0.4, -0.2) is 17.7 Å². The molecule has 1 fully saturated rings. The molecular weight excluding hydrogens is 210 g/mol. The van der Waals surface area contributed by atoms with Crippen molar-refractivity contribution in [3.8, 4) is 0 Å². The molecular formula is C15H23NO. The minimum atomic E-state index is -0.768. The SMILES string of the molecule is Cc1ccccc1C(C)(O)C1CCCCCN1. The molecule has 1 saturated heterocycles. The summed E-state index contributed by atoms with van der Waals surface area (Å²) in [5.41, 5.74) is 1.46. The van der Waals surface area contributed by atoms with Gasteiger partial charge in [0.25, 0.3) is 0 Å². The molecule has 2 unspecified atom stereocenters. The van der Waals surface area contributed by atoms with E-state index >= 15 is 0 Å². The highest BCUT2D eigenvalue weighted by molar-refractivity contribution is 5.32. The highest BCUT2D eigenvalue weighted by Gasteiger charge is 2.34. The zero-order chi connectivity index (χ0) is 12.3. The summed E-state index contributed by atoms with van der Waals surface area (Å²) >= 11 is 0. The standard InChI is InChI=1S/C15H23NO/c1-12-8-5-6-9-13(12)15(2,17)14-10-4-3-7-11-16-14/h5-6,8-9,14,16-17H,3-4,7,10-11H2,1-2H3. The van der Waals surface area contributed by atoms with Crippen LogP contribution in [0.5, 0.6) is 0 Å². The number of nitrogens with one attached hydrogen (secondary N) is 1. The molecule has 94 valence electrons. The zero-order valence-corrected chi connectivity index (χ0v) is 10.9. The normalized spacial score (nSPS) is 25.0. The number of rotatable bonds is 2. The molecule has 1 aliphatic rings. The summed E-state index contributed by atoms with van der Waals surface area (Å²) in [6.07, 6.45) is 4.76. The summed E-state index contributed by atoms with van der Waals surface area (Å²) in [7, 11) is 0. The Kier molecular flexibility index (Phi) is 3.85. The Bertz CT molecular complexity index is 365. The number of hydrogen-bond donors (Lipinski definition) is 2. The summed E-state index contributed by atoms with van der Waals surface area (Å²) in [5, 5.41) is 14.4. The molecule has 0 spiro atoms. The van der Waals surface area contributed by atoms with E-state index in [0.717, 1.165) is 18.5 Å². The van der Waals surface area contributed by atoms with Crippen molar-refractivity contribution in [3.05, 3.63) is 35.4 Å². The number of hydrogen-bond acceptors (Lipinski definition) is 2. The maximum Gasteiger partial charge on any atom is 0.102 e. The fraction of sp³-hybridized carbons (Fsp3) is 0.600. The largest absolute Gasteiger partial charge is 0.384 e. The van der Waals surface area contributed by atoms with Crippen molar-refractivity contribution in [1.82, 2.24) is 5.32 Å². The molecule has 0 radical (unpaired) electrons. The molecule has 0 saturated carbocycles. The summed E-state index contributed by atoms with van der Waals surface area (Å²) < 4.78 is 0. The maximum atomic E-state index is 10.9. The van der Waals surface area contributed by atoms with Crippen molar-refractivity contribution >= 4 is 0 Å². The van der Waals surface area contributed by atoms with Gasteiger partial charge < -0.3 is 10.4 Å². The van der Waals surface area contributed by atoms with Gasteiger partial charge in [-0.15, -0.1) is 0 Å². The van der Waals surface area contributed by atoms with E-state index in [0.29, 0.717) is 0 Å². The first kappa shape index (κ1) is 12.6. The third-order valence-corrected chi connectivity index (χ3v) is 3.93. The van der Waals surface area contributed by atoms with Crippen LogP contribution >= 0.6 is 0 Å². The maximum absolute atomic E-state index is 10.9. The van der Waals surface area contributed by atoms with Gasteiger partial charge in [0.1, 0.15) is 5.60 Å². The first-order valence-corrected chi connectivity index (χ1v) is 6.64. The van der Waals surface area contributed by atoms with Gasteiger partial charge in [0.05, 0.1) is 0 Å². The first-order chi connectivity index (χ1) is 8.12. The lowest BCUT2D eigenvalue weighted by Crippen LogP contribution is -2.46. The molecule has 2 N–H and O–H groups in total. The molecule has 1 aromatic rings. The second-order valence-corrected chi connectivity index (χ2v) is 5.32. The van der Waals surface area contributed by atoms with Crippen LogP contribution in [0.15, 0.2) is 24.3 Å². The monoisotopic (exact) mass is 233 g/mol. The topological polar surface area (TPSA) is 32.3 Å². The molecule has 0 bridgehead atoms. The van der Waals surface area contributed by atoms with Crippen molar-refractivity contribution in [2.24, 2.45) is 0 Å². The van der Waals surface area contributed by atoms with Crippen LogP contribution in [0.3, 0.4) is 0 Å². The van der Waals surface area contributed by atoms with Gasteiger partial charge in [0.2, 0.25) is 0 Å². The number of aliphatic hydroxyl groups is 1. The Morgan fingerprint density at radius 3 is 2.76 bits per heavy atom. The predicted molar refractivity (Wildman–Crippen MR) is 71.0 cm³/mol. The van der Waals surface area contributed by atoms with Gasteiger partial charge in [-0.1, -0.05) is 37.1 Å². The quantitative estimate of drug-likeness (QED) is 0.823. The van der Waals surface area contributed by atoms with Crippen LogP contribution in [0.25, 0.3) is 0 Å². The van der Waals surface area contributed by atoms with Crippen LogP contribution in [0.2, 0.25) is 0 Å². The van der Waals surface area contributed by atoms with Crippen LogP contribution in [0.4, 0.5) is 0 Å². The smallest absolute Gasteiger partial charge is 0.102 e. The predicted octanol–water partition coefficient (Wildman–Crippen LogP) is 2.73. The third-order valence-electron chi connectivity index (χ3n) is 3.93. The van der Waals surface area contributed by atoms with Gasteiger partial charge >= 0.3 is 0 Å². The van der Waals surface area contributed by atoms with E-state index in [4.69, 9.17) is 0 Å². The van der Waals surface area contributed by atoms with Crippen LogP contribution in [-0.2, 0) is 5.60 Å². The molecule has 2 atom stereocenters. The summed E-state index contributed by atoms with van der Waals surface area (Å²) in [6.45, 7) is 5.03. The van der Waals surface area contributed by atoms with E-state index in [1.165, 1.54) is 24.8 Å². The van der Waals surface area contributed by atoms with Gasteiger partial charge in [-0.2, -0.15) is 0 Å². The minimum Gasteiger partial charge on any atom is -0.384 e. The van der Waals surface area contributed by atoms with Crippen molar-refractivity contribution < 1.29 is 5.11 Å². The van der Waals surface area contributed by atoms with Crippen LogP contribution in [0, 0.1) is 6.92 Å². The van der Waals surface area contributed by atoms with Gasteiger partial charge in [-0.05, 0) is 44.4 Å². The Morgan fingerprint density at radius 2 is 2.00 bits per heavy atom. The van der Waals surface area contributed by atoms with E-state index in [2.05, 4.69) is 18.3 Å². The highest BCUT2D eigenvalue weighted by atomic mass is 16.3. The van der Waals surface area contributed by atoms with Crippen molar-refractivity contribution in [1.29, 1.82) is 0 Å². The van der Waals surface area contributed by atoms with Crippen LogP contribution in [0.1, 0.15) is 43.7 Å². The van der Waals surface area contributed by atoms with Gasteiger partial charge in [0, 0.05) is 6.04 Å². The molecule has 1 aromatic carbocycles. The number of aryl methyl sites for hydroxylation is 1. The molecule has 1 aliphatic heterocycles. The second kappa shape index (κ2) is 5.19. The molecule has 1 heterocycles. The van der Waals surface area contributed by atoms with Crippen molar-refractivity contribution in [2.45, 2.75) is 51.2 Å². The van der Waals surface area contributed by atoms with Gasteiger partial charge in [-0.25, -0.2) is 0 Å². The Labute approximate surface area is 104 Å². The highest BCUT2D eigenvalue weighted by Crippen LogP contribution is 2.30. The Balaban J connectivity index is 2.25. The molecule has 17 heavy (non-hydrogen) atoms. The van der Waals surface area contributed by atoms with E-state index in [1.807, 2.05) is 25.1 Å². The molecule has 2 rings (SSSR count). The molecule has 0 aromatic heterocycles. The Morgan fingerprint density at radius 1 is 1.24 bits per heavy atom. The second-order valence-electron chi connectivity index (χ2n) is 5.32. The lowest BCUT2D eigenvalue weighted by molar-refractivity contribution is 0.0130. The van der Waals surface area contributed by atoms with Crippen molar-refractivity contribution in [3.63, 3.8) is 0 Å². The van der Waals surface area contributed by atoms with E-state index < -0.39 is 5.60 Å². The Hall–Kier alpha value is -0.860. The summed E-state index contributed by atoms with van der Waals surface area (Å²) in [4.78, 5) is 0. The summed E-state index contributed by atoms with van der Waals surface area (Å²) in [6, 6.07) is 8.32. The van der Waals surface area contributed by atoms with Crippen molar-refractivity contribution in [2.75, 3.05) is 6.54 Å². The first-order valence-electron chi connectivity index (χ1n) is 6.64. The van der Waals surface area contributed by atoms with E-state index in [-0.39, 0.29) is 6.04 Å². The van der Waals surface area contributed by atoms with Gasteiger partial charge in [0.15, 0.2) is 0 Å². The fourth-order valence-electron chi connectivity index (χ4n) is 2.84. The average Bonchev–Trinajstić information content (AvgIpc) is 2.58. The number of benzene rings is 1. The fourth-order valence-corrected chi connectivity index (χ4v) is 2.84. The van der Waals surface area contributed by atoms with Crippen LogP contribution < -0.4 is 5.32 Å². The molecule has 0 amide bonds. The lowest BCUT2D eigenvalue weighted by atomic mass is 9.83. The van der Waals surface area contributed by atoms with Gasteiger partial charge in [-0.3, -0.25) is 0 Å². The average molecular weight is 233 g/mol. The lowest BCUT2D eigenvalue weighted by Gasteiger charge is -2.34. The molecule has 0 aliphatic carbocycles. The summed E-state index contributed by atoms with van der Waals surface area (Å²) in [5.74, 6) is 0. The molecule has 2 nitrogen and oxygen atoms in total. The third kappa shape index (κ3) is 2.70.